The molecule has 2 nitrogen and oxygen atoms in total. The van der Waals surface area contributed by atoms with Crippen molar-refractivity contribution >= 4 is 5.97 Å². The van der Waals surface area contributed by atoms with Gasteiger partial charge >= 0.3 is 5.97 Å². The minimum Gasteiger partial charge on any atom is -0.481 e. The van der Waals surface area contributed by atoms with Crippen molar-refractivity contribution in [3.63, 3.8) is 0 Å². The number of carboxylic acid groups (broad SMARTS) is 1. The highest BCUT2D eigenvalue weighted by Gasteiger charge is 2.47. The Morgan fingerprint density at radius 1 is 1.47 bits per heavy atom. The minimum absolute atomic E-state index is 0.232. The second-order valence-electron chi connectivity index (χ2n) is 4.36. The normalized spacial score (nSPS) is 20.5. The van der Waals surface area contributed by atoms with Gasteiger partial charge in [-0.25, -0.2) is 8.78 Å². The molecule has 1 aliphatic rings. The van der Waals surface area contributed by atoms with Gasteiger partial charge in [0.25, 0.3) is 5.92 Å². The van der Waals surface area contributed by atoms with Crippen LogP contribution in [0.1, 0.15) is 45.4 Å². The molecule has 0 aromatic heterocycles. The van der Waals surface area contributed by atoms with E-state index in [1.165, 1.54) is 0 Å². The lowest BCUT2D eigenvalue weighted by Gasteiger charge is -2.30. The van der Waals surface area contributed by atoms with E-state index in [1.807, 2.05) is 0 Å². The fourth-order valence-electron chi connectivity index (χ4n) is 2.41. The van der Waals surface area contributed by atoms with Gasteiger partial charge in [0.1, 0.15) is 0 Å². The smallest absolute Gasteiger partial charge is 0.303 e. The van der Waals surface area contributed by atoms with Crippen LogP contribution >= 0.6 is 0 Å². The summed E-state index contributed by atoms with van der Waals surface area (Å²) in [5.41, 5.74) is 0. The molecule has 0 aliphatic heterocycles. The number of hydrogen-bond donors (Lipinski definition) is 1. The van der Waals surface area contributed by atoms with Crippen LogP contribution in [0.5, 0.6) is 0 Å². The average Bonchev–Trinajstić information content (AvgIpc) is 2.66. The van der Waals surface area contributed by atoms with Gasteiger partial charge < -0.3 is 5.11 Å². The third kappa shape index (κ3) is 2.89. The Labute approximate surface area is 88.7 Å². The molecule has 0 aromatic carbocycles. The van der Waals surface area contributed by atoms with E-state index in [-0.39, 0.29) is 6.42 Å². The zero-order chi connectivity index (χ0) is 11.5. The van der Waals surface area contributed by atoms with E-state index < -0.39 is 30.1 Å². The summed E-state index contributed by atoms with van der Waals surface area (Å²) in [6.07, 6.45) is 2.61. The van der Waals surface area contributed by atoms with Crippen molar-refractivity contribution in [2.45, 2.75) is 51.4 Å². The summed E-state index contributed by atoms with van der Waals surface area (Å²) in [5.74, 6) is -5.52. The fraction of sp³-hybridized carbons (Fsp3) is 0.909. The van der Waals surface area contributed by atoms with Gasteiger partial charge in [0, 0.05) is 11.8 Å². The monoisotopic (exact) mass is 220 g/mol. The van der Waals surface area contributed by atoms with Crippen molar-refractivity contribution in [2.75, 3.05) is 0 Å². The summed E-state index contributed by atoms with van der Waals surface area (Å²) in [6, 6.07) is 0. The highest BCUT2D eigenvalue weighted by atomic mass is 19.3. The number of aliphatic carboxylic acids is 1. The van der Waals surface area contributed by atoms with Crippen LogP contribution in [-0.4, -0.2) is 17.0 Å². The lowest BCUT2D eigenvalue weighted by Crippen LogP contribution is -2.36. The summed E-state index contributed by atoms with van der Waals surface area (Å²) < 4.78 is 27.8. The van der Waals surface area contributed by atoms with E-state index in [0.29, 0.717) is 12.8 Å². The van der Waals surface area contributed by atoms with Gasteiger partial charge in [-0.1, -0.05) is 19.8 Å². The summed E-state index contributed by atoms with van der Waals surface area (Å²) >= 11 is 0. The van der Waals surface area contributed by atoms with E-state index in [9.17, 15) is 13.6 Å². The molecule has 1 rings (SSSR count). The molecule has 4 heteroatoms. The van der Waals surface area contributed by atoms with Crippen LogP contribution in [0.4, 0.5) is 8.78 Å². The van der Waals surface area contributed by atoms with Gasteiger partial charge in [-0.3, -0.25) is 4.79 Å². The Morgan fingerprint density at radius 2 is 2.00 bits per heavy atom. The van der Waals surface area contributed by atoms with Crippen molar-refractivity contribution in [1.82, 2.24) is 0 Å². The van der Waals surface area contributed by atoms with Gasteiger partial charge in [-0.15, -0.1) is 0 Å². The van der Waals surface area contributed by atoms with Crippen LogP contribution in [0, 0.1) is 11.8 Å². The molecule has 15 heavy (non-hydrogen) atoms. The molecular weight excluding hydrogens is 202 g/mol. The topological polar surface area (TPSA) is 37.3 Å². The van der Waals surface area contributed by atoms with Crippen LogP contribution in [0.2, 0.25) is 0 Å². The van der Waals surface area contributed by atoms with Gasteiger partial charge in [-0.2, -0.15) is 0 Å². The van der Waals surface area contributed by atoms with Crippen molar-refractivity contribution in [3.05, 3.63) is 0 Å². The Hall–Kier alpha value is -0.670. The quantitative estimate of drug-likeness (QED) is 0.771. The van der Waals surface area contributed by atoms with E-state index in [4.69, 9.17) is 5.11 Å². The molecule has 1 fully saturated rings. The lowest BCUT2D eigenvalue weighted by atomic mass is 9.85. The number of alkyl halides is 2. The summed E-state index contributed by atoms with van der Waals surface area (Å²) in [4.78, 5) is 10.5. The van der Waals surface area contributed by atoms with Gasteiger partial charge in [0.05, 0.1) is 6.42 Å². The van der Waals surface area contributed by atoms with Crippen LogP contribution in [0.15, 0.2) is 0 Å². The highest BCUT2D eigenvalue weighted by Crippen LogP contribution is 2.44. The van der Waals surface area contributed by atoms with Crippen LogP contribution < -0.4 is 0 Å². The number of carboxylic acids is 1. The summed E-state index contributed by atoms with van der Waals surface area (Å²) in [7, 11) is 0. The first-order chi connectivity index (χ1) is 6.98. The third-order valence-electron chi connectivity index (χ3n) is 3.36. The number of halogens is 2. The SMILES string of the molecule is CCC(CC(=O)O)C(F)(F)C1CCCC1. The van der Waals surface area contributed by atoms with Crippen LogP contribution in [0.3, 0.4) is 0 Å². The van der Waals surface area contributed by atoms with Gasteiger partial charge in [-0.05, 0) is 19.3 Å². The fourth-order valence-corrected chi connectivity index (χ4v) is 2.41. The van der Waals surface area contributed by atoms with Gasteiger partial charge in [0.15, 0.2) is 0 Å². The minimum atomic E-state index is -2.80. The highest BCUT2D eigenvalue weighted by molar-refractivity contribution is 5.67. The second-order valence-corrected chi connectivity index (χ2v) is 4.36. The molecule has 1 saturated carbocycles. The molecule has 0 radical (unpaired) electrons. The van der Waals surface area contributed by atoms with E-state index in [2.05, 4.69) is 0 Å². The van der Waals surface area contributed by atoms with E-state index in [1.54, 1.807) is 6.92 Å². The van der Waals surface area contributed by atoms with Crippen molar-refractivity contribution < 1.29 is 18.7 Å². The molecule has 1 aliphatic carbocycles. The second kappa shape index (κ2) is 4.90. The number of rotatable bonds is 5. The lowest BCUT2D eigenvalue weighted by molar-refractivity contribution is -0.148. The van der Waals surface area contributed by atoms with Crippen molar-refractivity contribution in [1.29, 1.82) is 0 Å². The summed E-state index contributed by atoms with van der Waals surface area (Å²) in [6.45, 7) is 1.64. The Balaban J connectivity index is 2.66. The Morgan fingerprint density at radius 3 is 2.40 bits per heavy atom. The molecule has 0 amide bonds. The first-order valence-electron chi connectivity index (χ1n) is 5.58. The Bertz CT molecular complexity index is 223. The van der Waals surface area contributed by atoms with Crippen LogP contribution in [-0.2, 0) is 4.79 Å². The molecule has 1 unspecified atom stereocenters. The molecule has 0 heterocycles. The number of carbonyl (C=O) groups is 1. The predicted octanol–water partition coefficient (Wildman–Crippen LogP) is 3.31. The van der Waals surface area contributed by atoms with E-state index >= 15 is 0 Å². The standard InChI is InChI=1S/C11H18F2O2/c1-2-8(7-10(14)15)11(12,13)9-5-3-4-6-9/h8-9H,2-7H2,1H3,(H,14,15). The van der Waals surface area contributed by atoms with Crippen molar-refractivity contribution in [2.24, 2.45) is 11.8 Å². The first-order valence-corrected chi connectivity index (χ1v) is 5.58. The first kappa shape index (κ1) is 12.4. The molecule has 0 saturated heterocycles. The molecular formula is C11H18F2O2. The maximum atomic E-state index is 13.9. The zero-order valence-corrected chi connectivity index (χ0v) is 9.01. The zero-order valence-electron chi connectivity index (χ0n) is 9.01. The molecule has 0 bridgehead atoms. The van der Waals surface area contributed by atoms with Gasteiger partial charge in [0.2, 0.25) is 0 Å². The predicted molar refractivity (Wildman–Crippen MR) is 52.9 cm³/mol. The molecule has 0 aromatic rings. The van der Waals surface area contributed by atoms with Crippen LogP contribution in [0.25, 0.3) is 0 Å². The molecule has 1 N–H and O–H groups in total. The largest absolute Gasteiger partial charge is 0.481 e. The molecule has 88 valence electrons. The summed E-state index contributed by atoms with van der Waals surface area (Å²) in [5, 5.41) is 8.59. The third-order valence-corrected chi connectivity index (χ3v) is 3.36. The maximum absolute atomic E-state index is 13.9. The molecule has 0 spiro atoms. The van der Waals surface area contributed by atoms with E-state index in [0.717, 1.165) is 12.8 Å². The Kier molecular flexibility index (Phi) is 4.05. The molecule has 1 atom stereocenters. The van der Waals surface area contributed by atoms with Crippen molar-refractivity contribution in [3.8, 4) is 0 Å². The number of hydrogen-bond acceptors (Lipinski definition) is 1. The maximum Gasteiger partial charge on any atom is 0.303 e. The average molecular weight is 220 g/mol.